The average Bonchev–Trinajstić information content (AvgIpc) is 2.90. The first-order valence-corrected chi connectivity index (χ1v) is 7.18. The number of aromatic nitrogens is 4. The molecule has 1 saturated heterocycles. The van der Waals surface area contributed by atoms with Crippen LogP contribution in [0.5, 0.6) is 0 Å². The molecule has 3 rings (SSSR count). The fourth-order valence-electron chi connectivity index (χ4n) is 2.15. The molecule has 1 fully saturated rings. The molecule has 0 aromatic carbocycles. The van der Waals surface area contributed by atoms with Crippen molar-refractivity contribution in [3.8, 4) is 0 Å². The molecule has 3 atom stereocenters. The van der Waals surface area contributed by atoms with Crippen molar-refractivity contribution in [3.05, 3.63) is 15.7 Å². The maximum Gasteiger partial charge on any atom is 0.181 e. The lowest BCUT2D eigenvalue weighted by Gasteiger charge is -2.14. The van der Waals surface area contributed by atoms with Gasteiger partial charge in [0.1, 0.15) is 28.8 Å². The summed E-state index contributed by atoms with van der Waals surface area (Å²) in [5, 5.41) is 18.9. The summed E-state index contributed by atoms with van der Waals surface area (Å²) in [5.41, 5.74) is 1.21. The molecule has 0 amide bonds. The van der Waals surface area contributed by atoms with E-state index in [4.69, 9.17) is 9.84 Å². The number of aliphatic hydroxyl groups excluding tert-OH is 2. The molecule has 1 aliphatic heterocycles. The van der Waals surface area contributed by atoms with Gasteiger partial charge in [0.15, 0.2) is 10.4 Å². The van der Waals surface area contributed by atoms with Gasteiger partial charge in [-0.25, -0.2) is 15.0 Å². The molecule has 0 bridgehead atoms. The fraction of sp³-hybridized carbons (Fsp3) is 0.500. The molecule has 102 valence electrons. The molecule has 0 radical (unpaired) electrons. The van der Waals surface area contributed by atoms with E-state index >= 15 is 0 Å². The van der Waals surface area contributed by atoms with Gasteiger partial charge in [-0.2, -0.15) is 0 Å². The molecule has 2 N–H and O–H groups in total. The van der Waals surface area contributed by atoms with Crippen molar-refractivity contribution in [1.29, 1.82) is 0 Å². The molecule has 0 saturated carbocycles. The first-order valence-electron chi connectivity index (χ1n) is 5.60. The van der Waals surface area contributed by atoms with E-state index in [1.54, 1.807) is 4.57 Å². The molecule has 2 aromatic rings. The number of hydrogen-bond acceptors (Lipinski definition) is 6. The van der Waals surface area contributed by atoms with Gasteiger partial charge in [0.05, 0.1) is 12.7 Å². The predicted octanol–water partition coefficient (Wildman–Crippen LogP) is 0.992. The Bertz CT molecular complexity index is 620. The second-order valence-electron chi connectivity index (χ2n) is 4.20. The summed E-state index contributed by atoms with van der Waals surface area (Å²) in [6.07, 6.45) is 0.0839. The van der Waals surface area contributed by atoms with Crippen molar-refractivity contribution < 1.29 is 14.9 Å². The van der Waals surface area contributed by atoms with Crippen molar-refractivity contribution in [2.45, 2.75) is 24.9 Å². The van der Waals surface area contributed by atoms with Gasteiger partial charge in [-0.3, -0.25) is 4.57 Å². The van der Waals surface area contributed by atoms with Crippen LogP contribution in [0.25, 0.3) is 11.2 Å². The van der Waals surface area contributed by atoms with E-state index in [9.17, 15) is 5.11 Å². The van der Waals surface area contributed by atoms with Crippen LogP contribution in [0.4, 0.5) is 0 Å². The van der Waals surface area contributed by atoms with E-state index < -0.39 is 18.4 Å². The molecular weight excluding hydrogens is 384 g/mol. The van der Waals surface area contributed by atoms with E-state index in [1.165, 1.54) is 6.33 Å². The maximum atomic E-state index is 9.80. The Labute approximate surface area is 124 Å². The van der Waals surface area contributed by atoms with Crippen molar-refractivity contribution in [1.82, 2.24) is 19.5 Å². The van der Waals surface area contributed by atoms with Crippen LogP contribution in [0.1, 0.15) is 12.6 Å². The number of ether oxygens (including phenoxy) is 1. The second-order valence-corrected chi connectivity index (χ2v) is 5.66. The van der Waals surface area contributed by atoms with Gasteiger partial charge in [0.2, 0.25) is 0 Å². The first-order chi connectivity index (χ1) is 9.11. The Balaban J connectivity index is 2.06. The number of rotatable bonds is 2. The van der Waals surface area contributed by atoms with E-state index in [0.717, 1.165) is 0 Å². The fourth-order valence-corrected chi connectivity index (χ4v) is 3.08. The molecule has 2 aromatic heterocycles. The van der Waals surface area contributed by atoms with E-state index in [-0.39, 0.29) is 6.61 Å². The molecule has 0 aliphatic carbocycles. The van der Waals surface area contributed by atoms with Crippen LogP contribution in [0.15, 0.2) is 15.7 Å². The highest BCUT2D eigenvalue weighted by Gasteiger charge is 2.36. The second kappa shape index (κ2) is 5.06. The quantitative estimate of drug-likeness (QED) is 0.583. The maximum absolute atomic E-state index is 9.80. The molecular formula is C10H10Br2N4O3. The number of aliphatic hydroxyl groups is 2. The van der Waals surface area contributed by atoms with Crippen LogP contribution in [0.3, 0.4) is 0 Å². The summed E-state index contributed by atoms with van der Waals surface area (Å²) >= 11 is 6.67. The Morgan fingerprint density at radius 1 is 1.42 bits per heavy atom. The number of nitrogens with zero attached hydrogens (tertiary/aromatic N) is 4. The topological polar surface area (TPSA) is 93.3 Å². The largest absolute Gasteiger partial charge is 0.394 e. The van der Waals surface area contributed by atoms with E-state index in [0.29, 0.717) is 26.9 Å². The van der Waals surface area contributed by atoms with Crippen molar-refractivity contribution >= 4 is 43.0 Å². The van der Waals surface area contributed by atoms with Crippen LogP contribution in [0.2, 0.25) is 0 Å². The van der Waals surface area contributed by atoms with Crippen molar-refractivity contribution in [3.63, 3.8) is 0 Å². The van der Waals surface area contributed by atoms with Crippen molar-refractivity contribution in [2.24, 2.45) is 0 Å². The highest BCUT2D eigenvalue weighted by molar-refractivity contribution is 9.10. The van der Waals surface area contributed by atoms with E-state index in [1.807, 2.05) is 0 Å². The summed E-state index contributed by atoms with van der Waals surface area (Å²) in [6.45, 7) is -0.222. The Kier molecular flexibility index (Phi) is 3.56. The molecule has 19 heavy (non-hydrogen) atoms. The first kappa shape index (κ1) is 13.4. The minimum atomic E-state index is -0.704. The number of hydrogen-bond donors (Lipinski definition) is 2. The average molecular weight is 394 g/mol. The third kappa shape index (κ3) is 2.19. The lowest BCUT2D eigenvalue weighted by atomic mass is 10.2. The van der Waals surface area contributed by atoms with Crippen LogP contribution in [-0.4, -0.2) is 48.5 Å². The van der Waals surface area contributed by atoms with Gasteiger partial charge in [0, 0.05) is 6.42 Å². The summed E-state index contributed by atoms with van der Waals surface area (Å²) in [6, 6.07) is 0. The van der Waals surface area contributed by atoms with Crippen LogP contribution >= 0.6 is 31.9 Å². The summed E-state index contributed by atoms with van der Waals surface area (Å²) in [5.74, 6) is 0. The molecule has 3 heterocycles. The zero-order valence-corrected chi connectivity index (χ0v) is 12.7. The monoisotopic (exact) mass is 392 g/mol. The van der Waals surface area contributed by atoms with Gasteiger partial charge in [-0.1, -0.05) is 0 Å². The standard InChI is InChI=1S/C10H10Br2N4O3/c11-8-7-9(14-3-13-8)16(10(12)15-7)6-1-4(18)5(2-17)19-6/h3-6,17-18H,1-2H2/t4-,5+,6-/m1/s1. The predicted molar refractivity (Wildman–Crippen MR) is 72.3 cm³/mol. The highest BCUT2D eigenvalue weighted by Crippen LogP contribution is 2.34. The third-order valence-corrected chi connectivity index (χ3v) is 4.20. The van der Waals surface area contributed by atoms with Crippen LogP contribution in [-0.2, 0) is 4.74 Å². The lowest BCUT2D eigenvalue weighted by molar-refractivity contribution is -0.0439. The Morgan fingerprint density at radius 3 is 2.89 bits per heavy atom. The molecule has 0 spiro atoms. The molecule has 9 heteroatoms. The normalized spacial score (nSPS) is 27.3. The molecule has 0 unspecified atom stereocenters. The van der Waals surface area contributed by atoms with Gasteiger partial charge in [0.25, 0.3) is 0 Å². The lowest BCUT2D eigenvalue weighted by Crippen LogP contribution is -2.24. The zero-order chi connectivity index (χ0) is 13.6. The Hall–Kier alpha value is -0.610. The smallest absolute Gasteiger partial charge is 0.181 e. The van der Waals surface area contributed by atoms with Crippen molar-refractivity contribution in [2.75, 3.05) is 6.61 Å². The van der Waals surface area contributed by atoms with Crippen LogP contribution < -0.4 is 0 Å². The zero-order valence-electron chi connectivity index (χ0n) is 9.57. The minimum absolute atomic E-state index is 0.222. The number of halogens is 2. The summed E-state index contributed by atoms with van der Waals surface area (Å²) in [7, 11) is 0. The SMILES string of the molecule is OC[C@@H]1O[C@@H](n2c(Br)nc3c(Br)ncnc32)C[C@H]1O. The van der Waals surface area contributed by atoms with Crippen LogP contribution in [0, 0.1) is 0 Å². The highest BCUT2D eigenvalue weighted by atomic mass is 79.9. The molecule has 1 aliphatic rings. The molecule has 7 nitrogen and oxygen atoms in total. The summed E-state index contributed by atoms with van der Waals surface area (Å²) in [4.78, 5) is 12.5. The van der Waals surface area contributed by atoms with Gasteiger partial charge < -0.3 is 14.9 Å². The van der Waals surface area contributed by atoms with E-state index in [2.05, 4.69) is 46.8 Å². The number of fused-ring (bicyclic) bond motifs is 1. The summed E-state index contributed by atoms with van der Waals surface area (Å²) < 4.78 is 8.48. The third-order valence-electron chi connectivity index (χ3n) is 3.06. The number of imidazole rings is 1. The minimum Gasteiger partial charge on any atom is -0.394 e. The Morgan fingerprint density at radius 2 is 2.21 bits per heavy atom. The van der Waals surface area contributed by atoms with Gasteiger partial charge in [-0.15, -0.1) is 0 Å². The van der Waals surface area contributed by atoms with Gasteiger partial charge >= 0.3 is 0 Å². The van der Waals surface area contributed by atoms with Gasteiger partial charge in [-0.05, 0) is 31.9 Å².